The first kappa shape index (κ1) is 14.4. The fourth-order valence-electron chi connectivity index (χ4n) is 1.50. The lowest BCUT2D eigenvalue weighted by molar-refractivity contribution is 0.0697. The molecule has 0 saturated carbocycles. The second-order valence-electron chi connectivity index (χ2n) is 4.27. The summed E-state index contributed by atoms with van der Waals surface area (Å²) in [5, 5.41) is 21.4. The number of carboxylic acids is 1. The van der Waals surface area contributed by atoms with Crippen LogP contribution in [0.4, 0.5) is 16.4 Å². The fraction of sp³-hybridized carbons (Fsp3) is 0.154. The van der Waals surface area contributed by atoms with Gasteiger partial charge in [0.15, 0.2) is 0 Å². The Hall–Kier alpha value is -3.03. The van der Waals surface area contributed by atoms with Gasteiger partial charge in [-0.2, -0.15) is 5.10 Å². The molecule has 8 nitrogen and oxygen atoms in total. The van der Waals surface area contributed by atoms with E-state index in [-0.39, 0.29) is 11.5 Å². The van der Waals surface area contributed by atoms with Crippen LogP contribution >= 0.6 is 0 Å². The number of carbonyl (C=O) groups excluding carboxylic acids is 1. The number of aromatic nitrogens is 3. The van der Waals surface area contributed by atoms with Crippen molar-refractivity contribution in [3.63, 3.8) is 0 Å². The van der Waals surface area contributed by atoms with Crippen LogP contribution in [0.1, 0.15) is 21.7 Å². The van der Waals surface area contributed by atoms with E-state index in [0.29, 0.717) is 17.1 Å². The third kappa shape index (κ3) is 3.72. The van der Waals surface area contributed by atoms with Crippen LogP contribution in [0.15, 0.2) is 24.3 Å². The van der Waals surface area contributed by atoms with Gasteiger partial charge in [0.25, 0.3) is 5.95 Å². The first-order valence-electron chi connectivity index (χ1n) is 6.05. The predicted molar refractivity (Wildman–Crippen MR) is 75.3 cm³/mol. The first-order chi connectivity index (χ1) is 9.95. The van der Waals surface area contributed by atoms with Gasteiger partial charge in [0.05, 0.1) is 17.0 Å². The Balaban J connectivity index is 2.06. The molecule has 1 aromatic heterocycles. The largest absolute Gasteiger partial charge is 0.478 e. The molecule has 0 saturated heterocycles. The van der Waals surface area contributed by atoms with E-state index in [1.165, 1.54) is 18.2 Å². The Morgan fingerprint density at radius 3 is 2.52 bits per heavy atom. The van der Waals surface area contributed by atoms with E-state index in [9.17, 15) is 9.59 Å². The van der Waals surface area contributed by atoms with Crippen molar-refractivity contribution in [2.45, 2.75) is 13.8 Å². The van der Waals surface area contributed by atoms with Crippen molar-refractivity contribution in [3.05, 3.63) is 41.2 Å². The van der Waals surface area contributed by atoms with Crippen LogP contribution in [0.25, 0.3) is 0 Å². The molecular formula is C13H13N5O3. The molecular weight excluding hydrogens is 274 g/mol. The van der Waals surface area contributed by atoms with Crippen LogP contribution in [0, 0.1) is 13.8 Å². The molecule has 0 unspecified atom stereocenters. The maximum absolute atomic E-state index is 11.8. The van der Waals surface area contributed by atoms with E-state index < -0.39 is 12.0 Å². The van der Waals surface area contributed by atoms with Crippen LogP contribution in [0.3, 0.4) is 0 Å². The van der Waals surface area contributed by atoms with Gasteiger partial charge in [-0.05, 0) is 32.0 Å². The van der Waals surface area contributed by atoms with E-state index in [1.807, 2.05) is 0 Å². The van der Waals surface area contributed by atoms with E-state index in [2.05, 4.69) is 25.8 Å². The van der Waals surface area contributed by atoms with Gasteiger partial charge in [0, 0.05) is 5.69 Å². The normalized spacial score (nSPS) is 10.0. The molecule has 2 rings (SSSR count). The molecule has 0 fully saturated rings. The zero-order valence-corrected chi connectivity index (χ0v) is 11.4. The monoisotopic (exact) mass is 287 g/mol. The molecule has 1 heterocycles. The Morgan fingerprint density at radius 2 is 1.86 bits per heavy atom. The third-order valence-corrected chi connectivity index (χ3v) is 2.68. The van der Waals surface area contributed by atoms with Crippen molar-refractivity contribution < 1.29 is 14.7 Å². The Kier molecular flexibility index (Phi) is 4.07. The number of aromatic carboxylic acids is 1. The summed E-state index contributed by atoms with van der Waals surface area (Å²) in [5.41, 5.74) is 1.77. The number of carboxylic acid groups (broad SMARTS) is 1. The van der Waals surface area contributed by atoms with Crippen LogP contribution < -0.4 is 10.6 Å². The van der Waals surface area contributed by atoms with E-state index in [1.54, 1.807) is 19.9 Å². The summed E-state index contributed by atoms with van der Waals surface area (Å²) in [5.74, 6) is -0.995. The van der Waals surface area contributed by atoms with Gasteiger partial charge in [0.1, 0.15) is 0 Å². The highest BCUT2D eigenvalue weighted by atomic mass is 16.4. The number of carbonyl (C=O) groups is 2. The number of hydrogen-bond acceptors (Lipinski definition) is 5. The van der Waals surface area contributed by atoms with Crippen LogP contribution in [-0.4, -0.2) is 32.3 Å². The third-order valence-electron chi connectivity index (χ3n) is 2.68. The first-order valence-corrected chi connectivity index (χ1v) is 6.05. The number of aryl methyl sites for hydroxylation is 2. The number of nitrogens with one attached hydrogen (secondary N) is 2. The highest BCUT2D eigenvalue weighted by molar-refractivity contribution is 5.99. The van der Waals surface area contributed by atoms with Gasteiger partial charge in [-0.3, -0.25) is 5.32 Å². The number of benzene rings is 1. The summed E-state index contributed by atoms with van der Waals surface area (Å²) in [6, 6.07) is 5.31. The van der Waals surface area contributed by atoms with Crippen molar-refractivity contribution in [2.24, 2.45) is 0 Å². The molecule has 8 heteroatoms. The molecule has 2 aromatic rings. The van der Waals surface area contributed by atoms with Gasteiger partial charge in [-0.25, -0.2) is 14.6 Å². The Bertz CT molecular complexity index is 702. The smallest absolute Gasteiger partial charge is 0.335 e. The second-order valence-corrected chi connectivity index (χ2v) is 4.27. The van der Waals surface area contributed by atoms with Gasteiger partial charge in [-0.15, -0.1) is 5.10 Å². The number of anilines is 2. The van der Waals surface area contributed by atoms with Crippen molar-refractivity contribution in [2.75, 3.05) is 10.6 Å². The summed E-state index contributed by atoms with van der Waals surface area (Å²) < 4.78 is 0. The molecule has 0 bridgehead atoms. The molecule has 1 aromatic carbocycles. The molecule has 0 aliphatic heterocycles. The zero-order valence-electron chi connectivity index (χ0n) is 11.4. The van der Waals surface area contributed by atoms with Crippen LogP contribution in [-0.2, 0) is 0 Å². The summed E-state index contributed by atoms with van der Waals surface area (Å²) in [6.07, 6.45) is 0. The summed E-state index contributed by atoms with van der Waals surface area (Å²) in [6.45, 7) is 3.51. The fourth-order valence-corrected chi connectivity index (χ4v) is 1.50. The molecule has 2 amide bonds. The molecule has 0 aliphatic rings. The molecule has 0 aliphatic carbocycles. The van der Waals surface area contributed by atoms with Crippen molar-refractivity contribution in [3.8, 4) is 0 Å². The van der Waals surface area contributed by atoms with Gasteiger partial charge in [-0.1, -0.05) is 6.07 Å². The van der Waals surface area contributed by atoms with E-state index in [0.717, 1.165) is 0 Å². The van der Waals surface area contributed by atoms with Gasteiger partial charge < -0.3 is 10.4 Å². The topological polar surface area (TPSA) is 117 Å². The second kappa shape index (κ2) is 5.95. The minimum absolute atomic E-state index is 0.0741. The number of hydrogen-bond donors (Lipinski definition) is 3. The highest BCUT2D eigenvalue weighted by Gasteiger charge is 2.08. The van der Waals surface area contributed by atoms with Gasteiger partial charge >= 0.3 is 12.0 Å². The molecule has 0 atom stereocenters. The highest BCUT2D eigenvalue weighted by Crippen LogP contribution is 2.11. The van der Waals surface area contributed by atoms with E-state index in [4.69, 9.17) is 5.11 Å². The standard InChI is InChI=1S/C13H13N5O3/c1-7-8(2)17-18-12(14-7)16-13(21)15-10-5-3-4-9(6-10)11(19)20/h3-6H,1-2H3,(H,19,20)(H2,14,15,16,18,21). The lowest BCUT2D eigenvalue weighted by atomic mass is 10.2. The predicted octanol–water partition coefficient (Wildman–Crippen LogP) is 1.83. The lowest BCUT2D eigenvalue weighted by Crippen LogP contribution is -2.21. The molecule has 3 N–H and O–H groups in total. The maximum atomic E-state index is 11.8. The van der Waals surface area contributed by atoms with E-state index >= 15 is 0 Å². The van der Waals surface area contributed by atoms with Crippen LogP contribution in [0.5, 0.6) is 0 Å². The number of nitrogens with zero attached hydrogens (tertiary/aromatic N) is 3. The lowest BCUT2D eigenvalue weighted by Gasteiger charge is -2.07. The van der Waals surface area contributed by atoms with Crippen molar-refractivity contribution in [1.82, 2.24) is 15.2 Å². The minimum atomic E-state index is -1.07. The summed E-state index contributed by atoms with van der Waals surface area (Å²) >= 11 is 0. The van der Waals surface area contributed by atoms with Gasteiger partial charge in [0.2, 0.25) is 0 Å². The molecule has 108 valence electrons. The molecule has 21 heavy (non-hydrogen) atoms. The SMILES string of the molecule is Cc1nnc(NC(=O)Nc2cccc(C(=O)O)c2)nc1C. The summed E-state index contributed by atoms with van der Waals surface area (Å²) in [7, 11) is 0. The number of urea groups is 1. The van der Waals surface area contributed by atoms with Crippen LogP contribution in [0.2, 0.25) is 0 Å². The molecule has 0 spiro atoms. The Morgan fingerprint density at radius 1 is 1.10 bits per heavy atom. The number of amides is 2. The molecule has 0 radical (unpaired) electrons. The minimum Gasteiger partial charge on any atom is -0.478 e. The zero-order chi connectivity index (χ0) is 15.4. The Labute approximate surface area is 120 Å². The quantitative estimate of drug-likeness (QED) is 0.792. The van der Waals surface area contributed by atoms with Crippen molar-refractivity contribution >= 4 is 23.6 Å². The summed E-state index contributed by atoms with van der Waals surface area (Å²) in [4.78, 5) is 26.7. The average Bonchev–Trinajstić information content (AvgIpc) is 2.43. The van der Waals surface area contributed by atoms with Crippen molar-refractivity contribution in [1.29, 1.82) is 0 Å². The maximum Gasteiger partial charge on any atom is 0.335 e. The average molecular weight is 287 g/mol. The number of rotatable bonds is 3.